The molecule has 5 heteroatoms. The zero-order valence-electron chi connectivity index (χ0n) is 10.4. The number of hydrogen-bond donors (Lipinski definition) is 1. The Morgan fingerprint density at radius 1 is 1.15 bits per heavy atom. The van der Waals surface area contributed by atoms with Crippen LogP contribution in [0.2, 0.25) is 0 Å². The van der Waals surface area contributed by atoms with Crippen LogP contribution in [0, 0.1) is 0 Å². The van der Waals surface area contributed by atoms with Gasteiger partial charge in [-0.3, -0.25) is 4.79 Å². The van der Waals surface area contributed by atoms with Crippen LogP contribution in [0.3, 0.4) is 0 Å². The summed E-state index contributed by atoms with van der Waals surface area (Å²) in [5.74, 6) is -0.791. The Bertz CT molecular complexity index is 844. The van der Waals surface area contributed by atoms with Gasteiger partial charge in [-0.2, -0.15) is 0 Å². The normalized spacial score (nSPS) is 10.8. The number of carbonyl (C=O) groups is 1. The maximum Gasteiger partial charge on any atom is 0.339 e. The number of fused-ring (bicyclic) bond motifs is 1. The van der Waals surface area contributed by atoms with Crippen molar-refractivity contribution in [3.63, 3.8) is 0 Å². The van der Waals surface area contributed by atoms with E-state index in [4.69, 9.17) is 4.42 Å². The van der Waals surface area contributed by atoms with Crippen LogP contribution in [0.5, 0.6) is 0 Å². The molecule has 0 spiro atoms. The van der Waals surface area contributed by atoms with Gasteiger partial charge in [-0.1, -0.05) is 24.3 Å². The van der Waals surface area contributed by atoms with Crippen molar-refractivity contribution < 1.29 is 14.3 Å². The van der Waals surface area contributed by atoms with E-state index in [0.717, 1.165) is 0 Å². The minimum Gasteiger partial charge on any atom is -0.478 e. The minimum atomic E-state index is -1.06. The van der Waals surface area contributed by atoms with Gasteiger partial charge >= 0.3 is 5.97 Å². The smallest absolute Gasteiger partial charge is 0.339 e. The number of rotatable bonds is 3. The maximum atomic E-state index is 11.7. The topological polar surface area (TPSA) is 72.4 Å². The molecule has 3 rings (SSSR count). The van der Waals surface area contributed by atoms with Crippen molar-refractivity contribution in [1.29, 1.82) is 0 Å². The summed E-state index contributed by atoms with van der Waals surface area (Å²) >= 11 is 0. The van der Waals surface area contributed by atoms with Crippen LogP contribution in [0.4, 0.5) is 0 Å². The van der Waals surface area contributed by atoms with Crippen molar-refractivity contribution in [2.75, 3.05) is 0 Å². The number of aromatic nitrogens is 1. The summed E-state index contributed by atoms with van der Waals surface area (Å²) in [7, 11) is 0. The van der Waals surface area contributed by atoms with Gasteiger partial charge in [-0.25, -0.2) is 4.79 Å². The predicted octanol–water partition coefficient (Wildman–Crippen LogP) is 2.34. The standard InChI is InChI=1S/C15H11NO4/c17-13-7-3-4-8-16(13)9-12-14(15(18)19)10-5-1-2-6-11(10)20-12/h1-8H,9H2,(H,18,19). The van der Waals surface area contributed by atoms with Crippen LogP contribution in [0.25, 0.3) is 11.0 Å². The Morgan fingerprint density at radius 3 is 2.65 bits per heavy atom. The number of pyridine rings is 1. The number of carboxylic acid groups (broad SMARTS) is 1. The van der Waals surface area contributed by atoms with Crippen LogP contribution in [-0.4, -0.2) is 15.6 Å². The summed E-state index contributed by atoms with van der Waals surface area (Å²) < 4.78 is 6.99. The van der Waals surface area contributed by atoms with Gasteiger partial charge in [0.25, 0.3) is 5.56 Å². The molecule has 2 aromatic heterocycles. The number of hydrogen-bond acceptors (Lipinski definition) is 3. The molecule has 0 bridgehead atoms. The van der Waals surface area contributed by atoms with E-state index in [9.17, 15) is 14.7 Å². The van der Waals surface area contributed by atoms with Crippen molar-refractivity contribution in [3.05, 3.63) is 70.3 Å². The van der Waals surface area contributed by atoms with Gasteiger partial charge < -0.3 is 14.1 Å². The molecule has 20 heavy (non-hydrogen) atoms. The first-order chi connectivity index (χ1) is 9.66. The predicted molar refractivity (Wildman–Crippen MR) is 73.0 cm³/mol. The molecule has 0 aliphatic rings. The highest BCUT2D eigenvalue weighted by Crippen LogP contribution is 2.26. The molecule has 5 nitrogen and oxygen atoms in total. The highest BCUT2D eigenvalue weighted by Gasteiger charge is 2.20. The third kappa shape index (κ3) is 1.99. The molecule has 0 saturated heterocycles. The quantitative estimate of drug-likeness (QED) is 0.792. The fourth-order valence-corrected chi connectivity index (χ4v) is 2.19. The zero-order valence-corrected chi connectivity index (χ0v) is 10.4. The van der Waals surface area contributed by atoms with E-state index in [1.807, 2.05) is 0 Å². The molecule has 0 atom stereocenters. The Labute approximate surface area is 113 Å². The molecular weight excluding hydrogens is 258 g/mol. The monoisotopic (exact) mass is 269 g/mol. The third-order valence-electron chi connectivity index (χ3n) is 3.10. The van der Waals surface area contributed by atoms with E-state index in [-0.39, 0.29) is 23.4 Å². The van der Waals surface area contributed by atoms with Gasteiger partial charge in [-0.05, 0) is 12.1 Å². The molecular formula is C15H11NO4. The van der Waals surface area contributed by atoms with Crippen LogP contribution < -0.4 is 5.56 Å². The first-order valence-electron chi connectivity index (χ1n) is 6.06. The van der Waals surface area contributed by atoms with Gasteiger partial charge in [0.2, 0.25) is 0 Å². The van der Waals surface area contributed by atoms with Crippen molar-refractivity contribution in [2.24, 2.45) is 0 Å². The number of nitrogens with zero attached hydrogens (tertiary/aromatic N) is 1. The second kappa shape index (κ2) is 4.70. The fourth-order valence-electron chi connectivity index (χ4n) is 2.19. The lowest BCUT2D eigenvalue weighted by atomic mass is 10.1. The molecule has 100 valence electrons. The molecule has 0 fully saturated rings. The highest BCUT2D eigenvalue weighted by molar-refractivity contribution is 6.03. The van der Waals surface area contributed by atoms with Crippen molar-refractivity contribution >= 4 is 16.9 Å². The van der Waals surface area contributed by atoms with Gasteiger partial charge in [0.15, 0.2) is 0 Å². The molecule has 0 amide bonds. The fraction of sp³-hybridized carbons (Fsp3) is 0.0667. The summed E-state index contributed by atoms with van der Waals surface area (Å²) in [6, 6.07) is 11.7. The zero-order chi connectivity index (χ0) is 14.1. The lowest BCUT2D eigenvalue weighted by Gasteiger charge is -2.03. The highest BCUT2D eigenvalue weighted by atomic mass is 16.4. The second-order valence-electron chi connectivity index (χ2n) is 4.37. The summed E-state index contributed by atoms with van der Waals surface area (Å²) in [6.45, 7) is 0.0932. The molecule has 2 heterocycles. The van der Waals surface area contributed by atoms with E-state index in [1.54, 1.807) is 42.6 Å². The van der Waals surface area contributed by atoms with E-state index >= 15 is 0 Å². The SMILES string of the molecule is O=C(O)c1c(Cn2ccccc2=O)oc2ccccc12. The van der Waals surface area contributed by atoms with Crippen LogP contribution in [0.1, 0.15) is 16.1 Å². The molecule has 1 N–H and O–H groups in total. The van der Waals surface area contributed by atoms with Crippen molar-refractivity contribution in [1.82, 2.24) is 4.57 Å². The minimum absolute atomic E-state index is 0.0932. The maximum absolute atomic E-state index is 11.7. The molecule has 1 aromatic carbocycles. The summed E-state index contributed by atoms with van der Waals surface area (Å²) in [5.41, 5.74) is 0.407. The largest absolute Gasteiger partial charge is 0.478 e. The van der Waals surface area contributed by atoms with E-state index in [2.05, 4.69) is 0 Å². The van der Waals surface area contributed by atoms with Gasteiger partial charge in [0.1, 0.15) is 16.9 Å². The average Bonchev–Trinajstić information content (AvgIpc) is 2.79. The second-order valence-corrected chi connectivity index (χ2v) is 4.37. The Morgan fingerprint density at radius 2 is 1.90 bits per heavy atom. The van der Waals surface area contributed by atoms with Gasteiger partial charge in [0, 0.05) is 17.6 Å². The van der Waals surface area contributed by atoms with Crippen molar-refractivity contribution in [2.45, 2.75) is 6.54 Å². The number of carboxylic acids is 1. The number of benzene rings is 1. The molecule has 0 aliphatic carbocycles. The number of aromatic carboxylic acids is 1. The van der Waals surface area contributed by atoms with Crippen LogP contribution in [-0.2, 0) is 6.54 Å². The molecule has 0 saturated carbocycles. The van der Waals surface area contributed by atoms with Crippen LogP contribution in [0.15, 0.2) is 57.9 Å². The lowest BCUT2D eigenvalue weighted by Crippen LogP contribution is -2.19. The molecule has 0 radical (unpaired) electrons. The Kier molecular flexibility index (Phi) is 2.87. The van der Waals surface area contributed by atoms with Gasteiger partial charge in [-0.15, -0.1) is 0 Å². The lowest BCUT2D eigenvalue weighted by molar-refractivity contribution is 0.0696. The van der Waals surface area contributed by atoms with E-state index in [1.165, 1.54) is 10.6 Å². The summed E-state index contributed by atoms with van der Waals surface area (Å²) in [5, 5.41) is 9.89. The first kappa shape index (κ1) is 12.2. The number of para-hydroxylation sites is 1. The van der Waals surface area contributed by atoms with Gasteiger partial charge in [0.05, 0.1) is 6.54 Å². The Balaban J connectivity index is 2.16. The average molecular weight is 269 g/mol. The summed E-state index contributed by atoms with van der Waals surface area (Å²) in [6.07, 6.45) is 1.60. The van der Waals surface area contributed by atoms with E-state index in [0.29, 0.717) is 11.0 Å². The van der Waals surface area contributed by atoms with Crippen molar-refractivity contribution in [3.8, 4) is 0 Å². The summed E-state index contributed by atoms with van der Waals surface area (Å²) in [4.78, 5) is 23.1. The molecule has 0 unspecified atom stereocenters. The first-order valence-corrected chi connectivity index (χ1v) is 6.06. The van der Waals surface area contributed by atoms with Crippen LogP contribution >= 0.6 is 0 Å². The third-order valence-corrected chi connectivity index (χ3v) is 3.10. The Hall–Kier alpha value is -2.82. The van der Waals surface area contributed by atoms with E-state index < -0.39 is 5.97 Å². The molecule has 0 aliphatic heterocycles. The number of furan rings is 1. The molecule has 3 aromatic rings.